The minimum Gasteiger partial charge on any atom is -0.448 e. The second kappa shape index (κ2) is 5.41. The number of rotatable bonds is 4. The van der Waals surface area contributed by atoms with Crippen molar-refractivity contribution < 1.29 is 18.1 Å². The zero-order valence-corrected chi connectivity index (χ0v) is 11.8. The van der Waals surface area contributed by atoms with Gasteiger partial charge in [-0.25, -0.2) is 8.42 Å². The van der Waals surface area contributed by atoms with Crippen molar-refractivity contribution in [1.82, 2.24) is 0 Å². The molecule has 2 N–H and O–H groups in total. The van der Waals surface area contributed by atoms with Crippen molar-refractivity contribution in [3.8, 4) is 11.5 Å². The van der Waals surface area contributed by atoms with Crippen LogP contribution in [0.25, 0.3) is 0 Å². The highest BCUT2D eigenvalue weighted by atomic mass is 32.2. The number of nitro benzene ring substituents is 1. The summed E-state index contributed by atoms with van der Waals surface area (Å²) in [4.78, 5) is 10.0. The number of hydrogen-bond acceptors (Lipinski definition) is 6. The Labute approximate surface area is 121 Å². The molecule has 2 rings (SSSR count). The van der Waals surface area contributed by atoms with Crippen molar-refractivity contribution >= 4 is 21.2 Å². The number of nitro groups is 1. The molecule has 0 heterocycles. The van der Waals surface area contributed by atoms with Gasteiger partial charge in [-0.3, -0.25) is 10.1 Å². The van der Waals surface area contributed by atoms with Crippen molar-refractivity contribution in [1.29, 1.82) is 0 Å². The van der Waals surface area contributed by atoms with Crippen molar-refractivity contribution in [2.45, 2.75) is 4.90 Å². The number of nitrogen functional groups attached to an aromatic ring is 1. The van der Waals surface area contributed by atoms with Crippen molar-refractivity contribution in [2.24, 2.45) is 0 Å². The van der Waals surface area contributed by atoms with E-state index in [2.05, 4.69) is 0 Å². The minimum atomic E-state index is -3.76. The summed E-state index contributed by atoms with van der Waals surface area (Å²) >= 11 is 0. The van der Waals surface area contributed by atoms with Gasteiger partial charge in [0.1, 0.15) is 4.90 Å². The van der Waals surface area contributed by atoms with Crippen LogP contribution in [0.2, 0.25) is 0 Å². The van der Waals surface area contributed by atoms with Gasteiger partial charge in [-0.15, -0.1) is 0 Å². The van der Waals surface area contributed by atoms with Gasteiger partial charge in [-0.2, -0.15) is 0 Å². The number of ether oxygens (including phenoxy) is 1. The first-order valence-electron chi connectivity index (χ1n) is 5.80. The van der Waals surface area contributed by atoms with Crippen LogP contribution in [0.4, 0.5) is 11.4 Å². The fourth-order valence-electron chi connectivity index (χ4n) is 1.76. The highest BCUT2D eigenvalue weighted by Crippen LogP contribution is 2.37. The van der Waals surface area contributed by atoms with Crippen molar-refractivity contribution in [3.05, 3.63) is 52.6 Å². The summed E-state index contributed by atoms with van der Waals surface area (Å²) in [5.41, 5.74) is 5.39. The van der Waals surface area contributed by atoms with Crippen LogP contribution in [0.3, 0.4) is 0 Å². The van der Waals surface area contributed by atoms with Crippen LogP contribution in [-0.4, -0.2) is 19.6 Å². The first-order chi connectivity index (χ1) is 9.80. The predicted molar refractivity (Wildman–Crippen MR) is 77.1 cm³/mol. The lowest BCUT2D eigenvalue weighted by molar-refractivity contribution is -0.388. The lowest BCUT2D eigenvalue weighted by atomic mass is 10.2. The molecule has 0 aliphatic rings. The number of para-hydroxylation sites is 3. The van der Waals surface area contributed by atoms with E-state index >= 15 is 0 Å². The molecule has 8 heteroatoms. The smallest absolute Gasteiger partial charge is 0.330 e. The fourth-order valence-corrected chi connectivity index (χ4v) is 2.61. The molecule has 7 nitrogen and oxygen atoms in total. The summed E-state index contributed by atoms with van der Waals surface area (Å²) in [6, 6.07) is 10.3. The van der Waals surface area contributed by atoms with E-state index < -0.39 is 25.3 Å². The Kier molecular flexibility index (Phi) is 3.81. The zero-order valence-electron chi connectivity index (χ0n) is 11.0. The summed E-state index contributed by atoms with van der Waals surface area (Å²) in [5, 5.41) is 11.2. The molecule has 2 aromatic carbocycles. The molecule has 0 spiro atoms. The molecule has 0 amide bonds. The fraction of sp³-hybridized carbons (Fsp3) is 0.0769. The topological polar surface area (TPSA) is 113 Å². The summed E-state index contributed by atoms with van der Waals surface area (Å²) in [7, 11) is -3.76. The first-order valence-corrected chi connectivity index (χ1v) is 7.69. The number of hydrogen-bond donors (Lipinski definition) is 1. The molecule has 0 saturated heterocycles. The van der Waals surface area contributed by atoms with Crippen LogP contribution in [-0.2, 0) is 9.84 Å². The number of sulfone groups is 1. The highest BCUT2D eigenvalue weighted by molar-refractivity contribution is 7.90. The molecule has 0 unspecified atom stereocenters. The standard InChI is InChI=1S/C13H12N2O5S/c1-21(18,19)12-8-4-7-11(13(12)15(16)17)20-10-6-3-2-5-9(10)14/h2-8H,14H2,1H3. The van der Waals surface area contributed by atoms with Crippen LogP contribution in [0, 0.1) is 10.1 Å². The molecule has 0 atom stereocenters. The summed E-state index contributed by atoms with van der Waals surface area (Å²) in [6.07, 6.45) is 0.899. The van der Waals surface area contributed by atoms with E-state index in [1.807, 2.05) is 0 Å². The zero-order chi connectivity index (χ0) is 15.6. The van der Waals surface area contributed by atoms with Gasteiger partial charge >= 0.3 is 5.69 Å². The predicted octanol–water partition coefficient (Wildman–Crippen LogP) is 2.37. The van der Waals surface area contributed by atoms with Crippen molar-refractivity contribution in [3.63, 3.8) is 0 Å². The number of benzene rings is 2. The maximum Gasteiger partial charge on any atom is 0.330 e. The minimum absolute atomic E-state index is 0.180. The van der Waals surface area contributed by atoms with Gasteiger partial charge in [-0.05, 0) is 24.3 Å². The summed E-state index contributed by atoms with van der Waals surface area (Å²) < 4.78 is 28.7. The van der Waals surface area contributed by atoms with Crippen molar-refractivity contribution in [2.75, 3.05) is 12.0 Å². The molecule has 0 radical (unpaired) electrons. The Morgan fingerprint density at radius 1 is 1.10 bits per heavy atom. The van der Waals surface area contributed by atoms with Gasteiger partial charge < -0.3 is 10.5 Å². The second-order valence-electron chi connectivity index (χ2n) is 4.27. The Bertz CT molecular complexity index is 802. The van der Waals surface area contributed by atoms with Gasteiger partial charge in [0, 0.05) is 6.26 Å². The van der Waals surface area contributed by atoms with Gasteiger partial charge in [0.2, 0.25) is 5.75 Å². The van der Waals surface area contributed by atoms with E-state index in [1.54, 1.807) is 18.2 Å². The Balaban J connectivity index is 2.60. The largest absolute Gasteiger partial charge is 0.448 e. The summed E-state index contributed by atoms with van der Waals surface area (Å²) in [5.74, 6) is 0.0343. The lowest BCUT2D eigenvalue weighted by Gasteiger charge is -2.10. The maximum absolute atomic E-state index is 11.6. The molecule has 2 aromatic rings. The van der Waals surface area contributed by atoms with Crippen LogP contribution in [0.5, 0.6) is 11.5 Å². The molecule has 0 bridgehead atoms. The Morgan fingerprint density at radius 3 is 2.29 bits per heavy atom. The first kappa shape index (κ1) is 14.8. The third-order valence-electron chi connectivity index (χ3n) is 2.68. The van der Waals surface area contributed by atoms with E-state index in [4.69, 9.17) is 10.5 Å². The third-order valence-corrected chi connectivity index (χ3v) is 3.81. The molecule has 0 fully saturated rings. The number of nitrogens with two attached hydrogens (primary N) is 1. The number of anilines is 1. The van der Waals surface area contributed by atoms with Crippen LogP contribution in [0.15, 0.2) is 47.4 Å². The quantitative estimate of drug-likeness (QED) is 0.527. The molecule has 21 heavy (non-hydrogen) atoms. The second-order valence-corrected chi connectivity index (χ2v) is 6.26. The average Bonchev–Trinajstić information content (AvgIpc) is 2.40. The van der Waals surface area contributed by atoms with E-state index in [0.29, 0.717) is 0 Å². The molecular formula is C13H12N2O5S. The third kappa shape index (κ3) is 3.11. The monoisotopic (exact) mass is 308 g/mol. The van der Waals surface area contributed by atoms with E-state index in [0.717, 1.165) is 12.3 Å². The van der Waals surface area contributed by atoms with Gasteiger partial charge in [0.25, 0.3) is 0 Å². The normalized spacial score (nSPS) is 11.1. The lowest BCUT2D eigenvalue weighted by Crippen LogP contribution is -2.04. The van der Waals surface area contributed by atoms with Crippen LogP contribution >= 0.6 is 0 Å². The Hall–Kier alpha value is -2.61. The molecular weight excluding hydrogens is 296 g/mol. The van der Waals surface area contributed by atoms with E-state index in [1.165, 1.54) is 18.2 Å². The molecule has 0 aliphatic heterocycles. The van der Waals surface area contributed by atoms with E-state index in [9.17, 15) is 18.5 Å². The highest BCUT2D eigenvalue weighted by Gasteiger charge is 2.27. The molecule has 0 aromatic heterocycles. The molecule has 110 valence electrons. The van der Waals surface area contributed by atoms with Gasteiger partial charge in [0.05, 0.1) is 10.6 Å². The maximum atomic E-state index is 11.6. The van der Waals surface area contributed by atoms with E-state index in [-0.39, 0.29) is 17.2 Å². The Morgan fingerprint density at radius 2 is 1.71 bits per heavy atom. The SMILES string of the molecule is CS(=O)(=O)c1cccc(Oc2ccccc2N)c1[N+](=O)[O-]. The summed E-state index contributed by atoms with van der Waals surface area (Å²) in [6.45, 7) is 0. The number of nitrogens with zero attached hydrogens (tertiary/aromatic N) is 1. The molecule has 0 saturated carbocycles. The average molecular weight is 308 g/mol. The van der Waals surface area contributed by atoms with Gasteiger partial charge in [0.15, 0.2) is 15.6 Å². The van der Waals surface area contributed by atoms with Gasteiger partial charge in [-0.1, -0.05) is 18.2 Å². The van der Waals surface area contributed by atoms with Crippen LogP contribution < -0.4 is 10.5 Å². The van der Waals surface area contributed by atoms with Crippen LogP contribution in [0.1, 0.15) is 0 Å². The molecule has 0 aliphatic carbocycles.